The van der Waals surface area contributed by atoms with E-state index in [4.69, 9.17) is 5.11 Å². The first kappa shape index (κ1) is 17.2. The van der Waals surface area contributed by atoms with Gasteiger partial charge in [0.2, 0.25) is 5.91 Å². The number of hydrogen-bond acceptors (Lipinski definition) is 3. The molecule has 0 spiro atoms. The van der Waals surface area contributed by atoms with Gasteiger partial charge in [0.25, 0.3) is 0 Å². The van der Waals surface area contributed by atoms with E-state index in [-0.39, 0.29) is 18.4 Å². The standard InChI is InChI=1S/C16H24N2O3/c1-13(2)18(10-6-9-16(20)21)12-15(19)17-11-14-7-4-3-5-8-14/h3-5,7-8,13H,6,9-12H2,1-2H3,(H,17,19)(H,20,21). The molecule has 0 radical (unpaired) electrons. The number of benzene rings is 1. The van der Waals surface area contributed by atoms with Crippen molar-refractivity contribution in [3.8, 4) is 0 Å². The minimum atomic E-state index is -0.799. The second-order valence-electron chi connectivity index (χ2n) is 5.32. The lowest BCUT2D eigenvalue weighted by Gasteiger charge is -2.25. The molecule has 1 aromatic carbocycles. The Hall–Kier alpha value is -1.88. The fraction of sp³-hybridized carbons (Fsp3) is 0.500. The first-order valence-corrected chi connectivity index (χ1v) is 7.25. The average molecular weight is 292 g/mol. The highest BCUT2D eigenvalue weighted by molar-refractivity contribution is 5.78. The Morgan fingerprint density at radius 2 is 1.90 bits per heavy atom. The van der Waals surface area contributed by atoms with Gasteiger partial charge < -0.3 is 10.4 Å². The molecule has 1 aromatic rings. The van der Waals surface area contributed by atoms with Gasteiger partial charge in [0, 0.05) is 19.0 Å². The van der Waals surface area contributed by atoms with Crippen LogP contribution in [0, 0.1) is 0 Å². The second-order valence-corrected chi connectivity index (χ2v) is 5.32. The molecule has 0 aliphatic carbocycles. The molecular weight excluding hydrogens is 268 g/mol. The Balaban J connectivity index is 2.36. The molecule has 0 heterocycles. The van der Waals surface area contributed by atoms with Gasteiger partial charge in [-0.2, -0.15) is 0 Å². The molecule has 0 fully saturated rings. The molecule has 0 saturated heterocycles. The number of amides is 1. The third-order valence-electron chi connectivity index (χ3n) is 3.25. The third kappa shape index (κ3) is 7.46. The highest BCUT2D eigenvalue weighted by Gasteiger charge is 2.14. The van der Waals surface area contributed by atoms with Gasteiger partial charge in [0.05, 0.1) is 6.54 Å². The summed E-state index contributed by atoms with van der Waals surface area (Å²) in [6.45, 7) is 5.43. The van der Waals surface area contributed by atoms with Crippen LogP contribution in [0.2, 0.25) is 0 Å². The lowest BCUT2D eigenvalue weighted by atomic mass is 10.2. The van der Waals surface area contributed by atoms with Crippen molar-refractivity contribution in [1.29, 1.82) is 0 Å². The Morgan fingerprint density at radius 1 is 1.24 bits per heavy atom. The van der Waals surface area contributed by atoms with Crippen molar-refractivity contribution < 1.29 is 14.7 Å². The Morgan fingerprint density at radius 3 is 2.48 bits per heavy atom. The number of carbonyl (C=O) groups excluding carboxylic acids is 1. The van der Waals surface area contributed by atoms with Gasteiger partial charge in [-0.25, -0.2) is 0 Å². The fourth-order valence-corrected chi connectivity index (χ4v) is 1.99. The van der Waals surface area contributed by atoms with E-state index in [2.05, 4.69) is 5.32 Å². The summed E-state index contributed by atoms with van der Waals surface area (Å²) < 4.78 is 0. The molecule has 21 heavy (non-hydrogen) atoms. The topological polar surface area (TPSA) is 69.6 Å². The smallest absolute Gasteiger partial charge is 0.303 e. The Bertz CT molecular complexity index is 446. The van der Waals surface area contributed by atoms with Gasteiger partial charge in [-0.05, 0) is 32.4 Å². The lowest BCUT2D eigenvalue weighted by molar-refractivity contribution is -0.137. The molecule has 1 amide bonds. The van der Waals surface area contributed by atoms with Gasteiger partial charge >= 0.3 is 5.97 Å². The van der Waals surface area contributed by atoms with Gasteiger partial charge in [-0.1, -0.05) is 30.3 Å². The number of nitrogens with zero attached hydrogens (tertiary/aromatic N) is 1. The molecule has 0 unspecified atom stereocenters. The van der Waals surface area contributed by atoms with Gasteiger partial charge in [0.1, 0.15) is 0 Å². The minimum Gasteiger partial charge on any atom is -0.481 e. The van der Waals surface area contributed by atoms with Gasteiger partial charge in [0.15, 0.2) is 0 Å². The van der Waals surface area contributed by atoms with Crippen LogP contribution in [0.4, 0.5) is 0 Å². The largest absolute Gasteiger partial charge is 0.481 e. The molecule has 0 aromatic heterocycles. The van der Waals surface area contributed by atoms with Gasteiger partial charge in [-0.15, -0.1) is 0 Å². The van der Waals surface area contributed by atoms with E-state index in [1.807, 2.05) is 49.1 Å². The number of rotatable bonds is 9. The SMILES string of the molecule is CC(C)N(CCCC(=O)O)CC(=O)NCc1ccccc1. The zero-order chi connectivity index (χ0) is 15.7. The molecular formula is C16H24N2O3. The van der Waals surface area contributed by atoms with Crippen LogP contribution in [-0.2, 0) is 16.1 Å². The van der Waals surface area contributed by atoms with Crippen molar-refractivity contribution in [1.82, 2.24) is 10.2 Å². The third-order valence-corrected chi connectivity index (χ3v) is 3.25. The van der Waals surface area contributed by atoms with E-state index < -0.39 is 5.97 Å². The highest BCUT2D eigenvalue weighted by atomic mass is 16.4. The quantitative estimate of drug-likeness (QED) is 0.729. The van der Waals surface area contributed by atoms with E-state index >= 15 is 0 Å². The molecule has 0 saturated carbocycles. The van der Waals surface area contributed by atoms with E-state index in [1.165, 1.54) is 0 Å². The normalized spacial score (nSPS) is 10.9. The summed E-state index contributed by atoms with van der Waals surface area (Å²) in [7, 11) is 0. The second kappa shape index (κ2) is 9.13. The summed E-state index contributed by atoms with van der Waals surface area (Å²) in [5, 5.41) is 11.5. The van der Waals surface area contributed by atoms with E-state index in [0.29, 0.717) is 26.1 Å². The summed E-state index contributed by atoms with van der Waals surface area (Å²) in [5.41, 5.74) is 1.06. The van der Waals surface area contributed by atoms with Crippen molar-refractivity contribution in [2.24, 2.45) is 0 Å². The van der Waals surface area contributed by atoms with Crippen molar-refractivity contribution in [3.63, 3.8) is 0 Å². The van der Waals surface area contributed by atoms with Crippen molar-refractivity contribution >= 4 is 11.9 Å². The maximum absolute atomic E-state index is 12.0. The first-order chi connectivity index (χ1) is 9.99. The van der Waals surface area contributed by atoms with Crippen LogP contribution in [0.3, 0.4) is 0 Å². The van der Waals surface area contributed by atoms with Crippen LogP contribution in [-0.4, -0.2) is 41.0 Å². The molecule has 0 aliphatic rings. The summed E-state index contributed by atoms with van der Waals surface area (Å²) in [6.07, 6.45) is 0.689. The molecule has 5 heteroatoms. The number of nitrogens with one attached hydrogen (secondary N) is 1. The Labute approximate surface area is 126 Å². The number of carboxylic acids is 1. The van der Waals surface area contributed by atoms with Crippen molar-refractivity contribution in [2.75, 3.05) is 13.1 Å². The molecule has 5 nitrogen and oxygen atoms in total. The van der Waals surface area contributed by atoms with Crippen LogP contribution in [0.1, 0.15) is 32.3 Å². The molecule has 2 N–H and O–H groups in total. The summed E-state index contributed by atoms with van der Waals surface area (Å²) >= 11 is 0. The average Bonchev–Trinajstić information content (AvgIpc) is 2.44. The zero-order valence-electron chi connectivity index (χ0n) is 12.7. The van der Waals surface area contributed by atoms with Crippen LogP contribution < -0.4 is 5.32 Å². The maximum Gasteiger partial charge on any atom is 0.303 e. The molecule has 116 valence electrons. The van der Waals surface area contributed by atoms with E-state index in [9.17, 15) is 9.59 Å². The number of aliphatic carboxylic acids is 1. The van der Waals surface area contributed by atoms with Crippen molar-refractivity contribution in [2.45, 2.75) is 39.3 Å². The zero-order valence-corrected chi connectivity index (χ0v) is 12.7. The monoisotopic (exact) mass is 292 g/mol. The molecule has 0 atom stereocenters. The number of hydrogen-bond donors (Lipinski definition) is 2. The van der Waals surface area contributed by atoms with E-state index in [0.717, 1.165) is 5.56 Å². The number of carbonyl (C=O) groups is 2. The molecule has 1 rings (SSSR count). The molecule has 0 aliphatic heterocycles. The Kier molecular flexibility index (Phi) is 7.46. The fourth-order valence-electron chi connectivity index (χ4n) is 1.99. The van der Waals surface area contributed by atoms with Gasteiger partial charge in [-0.3, -0.25) is 14.5 Å². The van der Waals surface area contributed by atoms with Crippen LogP contribution >= 0.6 is 0 Å². The van der Waals surface area contributed by atoms with Crippen molar-refractivity contribution in [3.05, 3.63) is 35.9 Å². The minimum absolute atomic E-state index is 0.0390. The molecule has 0 bridgehead atoms. The predicted molar refractivity (Wildman–Crippen MR) is 81.9 cm³/mol. The van der Waals surface area contributed by atoms with Crippen LogP contribution in [0.25, 0.3) is 0 Å². The lowest BCUT2D eigenvalue weighted by Crippen LogP contribution is -2.41. The summed E-state index contributed by atoms with van der Waals surface area (Å²) in [5.74, 6) is -0.838. The summed E-state index contributed by atoms with van der Waals surface area (Å²) in [4.78, 5) is 24.5. The maximum atomic E-state index is 12.0. The van der Waals surface area contributed by atoms with Crippen LogP contribution in [0.5, 0.6) is 0 Å². The number of carboxylic acid groups (broad SMARTS) is 1. The van der Waals surface area contributed by atoms with Crippen LogP contribution in [0.15, 0.2) is 30.3 Å². The highest BCUT2D eigenvalue weighted by Crippen LogP contribution is 2.02. The first-order valence-electron chi connectivity index (χ1n) is 7.25. The predicted octanol–water partition coefficient (Wildman–Crippen LogP) is 1.88. The van der Waals surface area contributed by atoms with E-state index in [1.54, 1.807) is 0 Å². The summed E-state index contributed by atoms with van der Waals surface area (Å²) in [6, 6.07) is 9.96.